The van der Waals surface area contributed by atoms with Gasteiger partial charge in [0, 0.05) is 67.0 Å². The molecule has 1 saturated heterocycles. The Labute approximate surface area is 249 Å². The maximum atomic E-state index is 13.3. The molecule has 1 aliphatic heterocycles. The van der Waals surface area contributed by atoms with Gasteiger partial charge >= 0.3 is 0 Å². The number of hydrogen-bond acceptors (Lipinski definition) is 7. The fourth-order valence-corrected chi connectivity index (χ4v) is 5.77. The highest BCUT2D eigenvalue weighted by atomic mass is 28.4. The lowest BCUT2D eigenvalue weighted by atomic mass is 9.95. The molecule has 0 bridgehead atoms. The Kier molecular flexibility index (Phi) is 8.35. The lowest BCUT2D eigenvalue weighted by Gasteiger charge is -2.36. The Hall–Kier alpha value is -4.18. The van der Waals surface area contributed by atoms with Crippen LogP contribution in [0.3, 0.4) is 0 Å². The van der Waals surface area contributed by atoms with Gasteiger partial charge in [0.15, 0.2) is 5.82 Å². The summed E-state index contributed by atoms with van der Waals surface area (Å²) in [5, 5.41) is 7.50. The van der Waals surface area contributed by atoms with E-state index in [0.717, 1.165) is 48.7 Å². The number of nitrogens with zero attached hydrogens (tertiary/aromatic N) is 5. The minimum Gasteiger partial charge on any atom is -0.543 e. The minimum absolute atomic E-state index is 0.0139. The average molecular weight is 585 g/mol. The van der Waals surface area contributed by atoms with E-state index >= 15 is 0 Å². The van der Waals surface area contributed by atoms with Gasteiger partial charge in [0.25, 0.3) is 0 Å². The Morgan fingerprint density at radius 1 is 1.00 bits per heavy atom. The van der Waals surface area contributed by atoms with Crippen LogP contribution in [-0.4, -0.2) is 54.2 Å². The van der Waals surface area contributed by atoms with Gasteiger partial charge in [-0.1, -0.05) is 32.9 Å². The molecular weight excluding hydrogens is 544 g/mol. The van der Waals surface area contributed by atoms with Crippen LogP contribution in [0.2, 0.25) is 18.1 Å². The van der Waals surface area contributed by atoms with Crippen molar-refractivity contribution in [3.05, 3.63) is 73.2 Å². The van der Waals surface area contributed by atoms with Gasteiger partial charge in [0.1, 0.15) is 17.3 Å². The Morgan fingerprint density at radius 3 is 2.45 bits per heavy atom. The van der Waals surface area contributed by atoms with Crippen LogP contribution in [0.5, 0.6) is 11.5 Å². The molecule has 3 heterocycles. The van der Waals surface area contributed by atoms with E-state index in [4.69, 9.17) is 14.1 Å². The quantitative estimate of drug-likeness (QED) is 0.234. The molecule has 2 aromatic heterocycles. The van der Waals surface area contributed by atoms with E-state index in [1.807, 2.05) is 65.5 Å². The summed E-state index contributed by atoms with van der Waals surface area (Å²) in [7, 11) is -0.419. The first kappa shape index (κ1) is 29.3. The summed E-state index contributed by atoms with van der Waals surface area (Å²) < 4.78 is 13.8. The number of ether oxygens (including phenoxy) is 1. The van der Waals surface area contributed by atoms with E-state index in [1.165, 1.54) is 0 Å². The number of piperidine rings is 1. The van der Waals surface area contributed by atoms with E-state index in [1.54, 1.807) is 19.5 Å². The van der Waals surface area contributed by atoms with Crippen molar-refractivity contribution < 1.29 is 14.0 Å². The predicted molar refractivity (Wildman–Crippen MR) is 169 cm³/mol. The molecule has 5 rings (SSSR count). The fraction of sp³-hybridized carbons (Fsp3) is 0.375. The number of methoxy groups -OCH3 is 1. The van der Waals surface area contributed by atoms with Gasteiger partial charge in [0.05, 0.1) is 12.8 Å². The van der Waals surface area contributed by atoms with Crippen molar-refractivity contribution in [2.24, 2.45) is 5.92 Å². The highest BCUT2D eigenvalue weighted by Crippen LogP contribution is 2.39. The molecule has 220 valence electrons. The summed E-state index contributed by atoms with van der Waals surface area (Å²) in [4.78, 5) is 24.9. The van der Waals surface area contributed by atoms with Crippen LogP contribution in [0.4, 0.5) is 11.5 Å². The first-order valence-electron chi connectivity index (χ1n) is 14.4. The summed E-state index contributed by atoms with van der Waals surface area (Å²) in [5.74, 6) is 2.83. The maximum Gasteiger partial charge on any atom is 0.250 e. The number of nitrogens with one attached hydrogen (secondary N) is 1. The number of carbonyl (C=O) groups excluding carboxylic acids is 1. The van der Waals surface area contributed by atoms with Gasteiger partial charge in [0.2, 0.25) is 14.2 Å². The van der Waals surface area contributed by atoms with Gasteiger partial charge in [-0.05, 0) is 55.2 Å². The summed E-state index contributed by atoms with van der Waals surface area (Å²) in [6.07, 6.45) is 6.93. The molecule has 0 aliphatic carbocycles. The number of benzene rings is 2. The summed E-state index contributed by atoms with van der Waals surface area (Å²) in [6.45, 7) is 12.5. The zero-order chi connectivity index (χ0) is 29.9. The molecular formula is C32H40N6O3Si. The van der Waals surface area contributed by atoms with Gasteiger partial charge in [-0.2, -0.15) is 5.10 Å². The monoisotopic (exact) mass is 584 g/mol. The smallest absolute Gasteiger partial charge is 0.250 e. The molecule has 1 aliphatic rings. The standard InChI is InChI=1S/C32H40N6O3Si/c1-32(2,3)42(5,6)41-28-21-25(20-27(22-28)40-4)35-31(39)23-12-17-37(18-13-23)29-11-15-33-30(36-29)24-9-7-10-26(19-24)38-16-8-14-34-38/h7-11,14-16,19-23H,12-13,17-18H2,1-6H3,(H,35,39). The van der Waals surface area contributed by atoms with Crippen molar-refractivity contribution in [1.29, 1.82) is 0 Å². The molecule has 0 unspecified atom stereocenters. The molecule has 1 amide bonds. The van der Waals surface area contributed by atoms with Crippen molar-refractivity contribution in [2.45, 2.75) is 51.7 Å². The summed E-state index contributed by atoms with van der Waals surface area (Å²) in [5.41, 5.74) is 2.57. The molecule has 0 atom stereocenters. The lowest BCUT2D eigenvalue weighted by Crippen LogP contribution is -2.43. The van der Waals surface area contributed by atoms with Crippen LogP contribution in [-0.2, 0) is 4.79 Å². The molecule has 0 saturated carbocycles. The van der Waals surface area contributed by atoms with E-state index in [2.05, 4.69) is 54.2 Å². The van der Waals surface area contributed by atoms with E-state index in [0.29, 0.717) is 17.3 Å². The second-order valence-electron chi connectivity index (χ2n) is 12.2. The number of aromatic nitrogens is 4. The second-order valence-corrected chi connectivity index (χ2v) is 17.0. The van der Waals surface area contributed by atoms with Gasteiger partial charge < -0.3 is 19.4 Å². The number of amides is 1. The van der Waals surface area contributed by atoms with E-state index < -0.39 is 8.32 Å². The topological polar surface area (TPSA) is 94.4 Å². The molecule has 4 aromatic rings. The first-order valence-corrected chi connectivity index (χ1v) is 17.3. The van der Waals surface area contributed by atoms with Crippen molar-refractivity contribution in [1.82, 2.24) is 19.7 Å². The molecule has 9 nitrogen and oxygen atoms in total. The zero-order valence-electron chi connectivity index (χ0n) is 25.3. The highest BCUT2D eigenvalue weighted by Gasteiger charge is 2.39. The third-order valence-corrected chi connectivity index (χ3v) is 12.6. The molecule has 0 spiro atoms. The van der Waals surface area contributed by atoms with Crippen LogP contribution in [0.25, 0.3) is 17.1 Å². The number of rotatable bonds is 8. The fourth-order valence-electron chi connectivity index (χ4n) is 4.76. The van der Waals surface area contributed by atoms with Crippen molar-refractivity contribution in [3.8, 4) is 28.6 Å². The summed E-state index contributed by atoms with van der Waals surface area (Å²) in [6, 6.07) is 17.5. The molecule has 42 heavy (non-hydrogen) atoms. The number of anilines is 2. The third-order valence-electron chi connectivity index (χ3n) is 8.27. The van der Waals surface area contributed by atoms with Crippen molar-refractivity contribution in [3.63, 3.8) is 0 Å². The zero-order valence-corrected chi connectivity index (χ0v) is 26.3. The SMILES string of the molecule is COc1cc(NC(=O)C2CCN(c3ccnc(-c4cccc(-n5cccn5)c4)n3)CC2)cc(O[Si](C)(C)C(C)(C)C)c1. The predicted octanol–water partition coefficient (Wildman–Crippen LogP) is 6.58. The van der Waals surface area contributed by atoms with Gasteiger partial charge in [-0.25, -0.2) is 14.6 Å². The Morgan fingerprint density at radius 2 is 1.76 bits per heavy atom. The van der Waals surface area contributed by atoms with Crippen LogP contribution < -0.4 is 19.4 Å². The van der Waals surface area contributed by atoms with Crippen LogP contribution in [0.15, 0.2) is 73.2 Å². The Bertz CT molecular complexity index is 1530. The molecule has 0 radical (unpaired) electrons. The third kappa shape index (κ3) is 6.65. The van der Waals surface area contributed by atoms with Crippen LogP contribution in [0, 0.1) is 5.92 Å². The van der Waals surface area contributed by atoms with E-state index in [-0.39, 0.29) is 16.9 Å². The maximum absolute atomic E-state index is 13.3. The average Bonchev–Trinajstić information content (AvgIpc) is 3.52. The van der Waals surface area contributed by atoms with Crippen molar-refractivity contribution in [2.75, 3.05) is 30.4 Å². The number of hydrogen-bond donors (Lipinski definition) is 1. The minimum atomic E-state index is -2.05. The largest absolute Gasteiger partial charge is 0.543 e. The molecule has 2 aromatic carbocycles. The van der Waals surface area contributed by atoms with Crippen molar-refractivity contribution >= 4 is 25.7 Å². The van der Waals surface area contributed by atoms with Crippen LogP contribution >= 0.6 is 0 Å². The highest BCUT2D eigenvalue weighted by molar-refractivity contribution is 6.74. The first-order chi connectivity index (χ1) is 20.0. The normalized spacial score (nSPS) is 14.5. The second kappa shape index (κ2) is 12.0. The Balaban J connectivity index is 1.23. The number of carbonyl (C=O) groups is 1. The van der Waals surface area contributed by atoms with Crippen LogP contribution in [0.1, 0.15) is 33.6 Å². The molecule has 1 fully saturated rings. The molecule has 10 heteroatoms. The van der Waals surface area contributed by atoms with Gasteiger partial charge in [-0.15, -0.1) is 0 Å². The molecule has 1 N–H and O–H groups in total. The lowest BCUT2D eigenvalue weighted by molar-refractivity contribution is -0.120. The van der Waals surface area contributed by atoms with E-state index in [9.17, 15) is 4.79 Å². The van der Waals surface area contributed by atoms with Gasteiger partial charge in [-0.3, -0.25) is 4.79 Å². The summed E-state index contributed by atoms with van der Waals surface area (Å²) >= 11 is 0.